The van der Waals surface area contributed by atoms with Gasteiger partial charge in [-0.25, -0.2) is 4.98 Å². The first-order valence-electron chi connectivity index (χ1n) is 10.0. The minimum absolute atomic E-state index is 0.458. The van der Waals surface area contributed by atoms with Crippen molar-refractivity contribution >= 4 is 33.0 Å². The van der Waals surface area contributed by atoms with Crippen molar-refractivity contribution in [3.05, 3.63) is 90.8 Å². The van der Waals surface area contributed by atoms with Crippen LogP contribution in [0.15, 0.2) is 89.3 Å². The molecule has 1 aliphatic heterocycles. The third kappa shape index (κ3) is 2.08. The highest BCUT2D eigenvalue weighted by Crippen LogP contribution is 2.40. The summed E-state index contributed by atoms with van der Waals surface area (Å²) in [6, 6.07) is 29.0. The normalized spacial score (nSPS) is 12.8. The Morgan fingerprint density at radius 2 is 1.67 bits per heavy atom. The van der Waals surface area contributed by atoms with Crippen LogP contribution in [-0.2, 0) is 6.61 Å². The van der Waals surface area contributed by atoms with Crippen LogP contribution in [0, 0.1) is 0 Å². The average Bonchev–Trinajstić information content (AvgIpc) is 3.37. The summed E-state index contributed by atoms with van der Waals surface area (Å²) in [4.78, 5) is 4.72. The summed E-state index contributed by atoms with van der Waals surface area (Å²) in [6.45, 7) is 0.458. The summed E-state index contributed by atoms with van der Waals surface area (Å²) in [5.41, 5.74) is 7.06. The van der Waals surface area contributed by atoms with E-state index in [9.17, 15) is 0 Å². The van der Waals surface area contributed by atoms with Gasteiger partial charge in [0, 0.05) is 16.3 Å². The van der Waals surface area contributed by atoms with E-state index in [2.05, 4.69) is 53.1 Å². The zero-order valence-corrected chi connectivity index (χ0v) is 16.0. The van der Waals surface area contributed by atoms with Crippen molar-refractivity contribution in [2.75, 3.05) is 0 Å². The number of fused-ring (bicyclic) bond motifs is 8. The molecule has 0 saturated carbocycles. The van der Waals surface area contributed by atoms with Gasteiger partial charge in [0.15, 0.2) is 5.82 Å². The van der Waals surface area contributed by atoms with Crippen molar-refractivity contribution in [1.29, 1.82) is 0 Å². The van der Waals surface area contributed by atoms with Gasteiger partial charge >= 0.3 is 0 Å². The van der Waals surface area contributed by atoms with E-state index >= 15 is 0 Å². The molecule has 30 heavy (non-hydrogen) atoms. The molecule has 0 spiro atoms. The number of ether oxygens (including phenoxy) is 1. The molecule has 0 bridgehead atoms. The predicted molar refractivity (Wildman–Crippen MR) is 118 cm³/mol. The Balaban J connectivity index is 1.45. The van der Waals surface area contributed by atoms with Crippen LogP contribution in [-0.4, -0.2) is 9.55 Å². The highest BCUT2D eigenvalue weighted by atomic mass is 16.5. The van der Waals surface area contributed by atoms with Gasteiger partial charge in [0.2, 0.25) is 0 Å². The Labute approximate surface area is 171 Å². The monoisotopic (exact) mass is 388 g/mol. The quantitative estimate of drug-likeness (QED) is 0.323. The fourth-order valence-electron chi connectivity index (χ4n) is 4.54. The van der Waals surface area contributed by atoms with Gasteiger partial charge in [0.1, 0.15) is 23.5 Å². The van der Waals surface area contributed by atoms with Crippen LogP contribution in [0.25, 0.3) is 49.8 Å². The molecule has 3 heterocycles. The molecule has 0 fully saturated rings. The van der Waals surface area contributed by atoms with Gasteiger partial charge in [0.25, 0.3) is 0 Å². The minimum atomic E-state index is 0.458. The number of aromatic nitrogens is 2. The van der Waals surface area contributed by atoms with Crippen LogP contribution in [0.5, 0.6) is 5.75 Å². The van der Waals surface area contributed by atoms with Gasteiger partial charge in [-0.15, -0.1) is 0 Å². The van der Waals surface area contributed by atoms with Gasteiger partial charge in [-0.1, -0.05) is 54.6 Å². The van der Waals surface area contributed by atoms with Crippen LogP contribution in [0.4, 0.5) is 0 Å². The lowest BCUT2D eigenvalue weighted by Crippen LogP contribution is -2.13. The first kappa shape index (κ1) is 15.8. The second kappa shape index (κ2) is 5.74. The Morgan fingerprint density at radius 3 is 2.67 bits per heavy atom. The summed E-state index contributed by atoms with van der Waals surface area (Å²) in [5, 5.41) is 2.27. The molecule has 6 aromatic rings. The molecule has 0 aliphatic carbocycles. The number of nitrogens with zero attached hydrogens (tertiary/aromatic N) is 2. The number of furan rings is 1. The molecular weight excluding hydrogens is 372 g/mol. The van der Waals surface area contributed by atoms with Gasteiger partial charge < -0.3 is 9.15 Å². The first-order chi connectivity index (χ1) is 14.9. The highest BCUT2D eigenvalue weighted by molar-refractivity contribution is 6.09. The van der Waals surface area contributed by atoms with Gasteiger partial charge in [0.05, 0.1) is 16.7 Å². The lowest BCUT2D eigenvalue weighted by atomic mass is 10.0. The third-order valence-corrected chi connectivity index (χ3v) is 5.90. The van der Waals surface area contributed by atoms with Crippen molar-refractivity contribution in [2.24, 2.45) is 0 Å². The average molecular weight is 388 g/mol. The van der Waals surface area contributed by atoms with Crippen molar-refractivity contribution in [3.8, 4) is 22.6 Å². The zero-order chi connectivity index (χ0) is 19.7. The third-order valence-electron chi connectivity index (χ3n) is 5.90. The van der Waals surface area contributed by atoms with Crippen LogP contribution < -0.4 is 4.74 Å². The number of imidazole rings is 1. The second-order valence-electron chi connectivity index (χ2n) is 7.60. The second-order valence-corrected chi connectivity index (χ2v) is 7.60. The summed E-state index contributed by atoms with van der Waals surface area (Å²) in [5.74, 6) is 1.78. The fourth-order valence-corrected chi connectivity index (χ4v) is 4.54. The zero-order valence-electron chi connectivity index (χ0n) is 16.0. The van der Waals surface area contributed by atoms with Gasteiger partial charge in [-0.05, 0) is 35.9 Å². The molecule has 0 N–H and O–H groups in total. The lowest BCUT2D eigenvalue weighted by molar-refractivity contribution is 0.281. The number of para-hydroxylation sites is 4. The minimum Gasteiger partial charge on any atom is -0.483 e. The van der Waals surface area contributed by atoms with E-state index in [0.717, 1.165) is 61.4 Å². The van der Waals surface area contributed by atoms with E-state index in [1.807, 2.05) is 36.4 Å². The molecule has 0 atom stereocenters. The van der Waals surface area contributed by atoms with E-state index in [4.69, 9.17) is 14.1 Å². The molecule has 2 aromatic heterocycles. The molecule has 7 rings (SSSR count). The summed E-state index contributed by atoms with van der Waals surface area (Å²) < 4.78 is 14.5. The number of hydrogen-bond acceptors (Lipinski definition) is 3. The van der Waals surface area contributed by atoms with Gasteiger partial charge in [-0.3, -0.25) is 4.57 Å². The Kier molecular flexibility index (Phi) is 3.03. The smallest absolute Gasteiger partial charge is 0.152 e. The Hall–Kier alpha value is -4.05. The van der Waals surface area contributed by atoms with Crippen molar-refractivity contribution in [2.45, 2.75) is 6.61 Å². The molecule has 142 valence electrons. The van der Waals surface area contributed by atoms with Gasteiger partial charge in [-0.2, -0.15) is 0 Å². The largest absolute Gasteiger partial charge is 0.483 e. The van der Waals surface area contributed by atoms with Crippen LogP contribution in [0.3, 0.4) is 0 Å². The molecular formula is C26H16N2O2. The van der Waals surface area contributed by atoms with E-state index in [0.29, 0.717) is 6.61 Å². The summed E-state index contributed by atoms with van der Waals surface area (Å²) in [7, 11) is 0. The Bertz CT molecular complexity index is 1610. The summed E-state index contributed by atoms with van der Waals surface area (Å²) in [6.07, 6.45) is 0. The molecule has 4 aromatic carbocycles. The SMILES string of the molecule is c1ccc2c(c1)nc1n2-c2ccc(-c3cccc4c3oc3ccccc34)cc2OC1. The molecule has 0 unspecified atom stereocenters. The molecule has 4 nitrogen and oxygen atoms in total. The molecule has 4 heteroatoms. The molecule has 0 radical (unpaired) electrons. The highest BCUT2D eigenvalue weighted by Gasteiger charge is 2.22. The predicted octanol–water partition coefficient (Wildman–Crippen LogP) is 6.48. The number of hydrogen-bond donors (Lipinski definition) is 0. The van der Waals surface area contributed by atoms with Crippen molar-refractivity contribution in [1.82, 2.24) is 9.55 Å². The topological polar surface area (TPSA) is 40.2 Å². The maximum atomic E-state index is 6.23. The van der Waals surface area contributed by atoms with Crippen LogP contribution >= 0.6 is 0 Å². The van der Waals surface area contributed by atoms with Crippen LogP contribution in [0.2, 0.25) is 0 Å². The van der Waals surface area contributed by atoms with E-state index in [-0.39, 0.29) is 0 Å². The first-order valence-corrected chi connectivity index (χ1v) is 10.0. The summed E-state index contributed by atoms with van der Waals surface area (Å²) >= 11 is 0. The van der Waals surface area contributed by atoms with E-state index in [1.165, 1.54) is 0 Å². The number of benzene rings is 4. The van der Waals surface area contributed by atoms with Crippen LogP contribution in [0.1, 0.15) is 5.82 Å². The molecule has 0 saturated heterocycles. The standard InChI is InChI=1S/C26H16N2O2/c1-4-11-23-18(6-1)19-8-5-7-17(26(19)30-23)16-12-13-22-24(14-16)29-15-25-27-20-9-2-3-10-21(20)28(22)25/h1-14H,15H2. The maximum absolute atomic E-state index is 6.23. The molecule has 0 amide bonds. The lowest BCUT2D eigenvalue weighted by Gasteiger charge is -2.21. The van der Waals surface area contributed by atoms with Crippen molar-refractivity contribution < 1.29 is 9.15 Å². The van der Waals surface area contributed by atoms with Crippen molar-refractivity contribution in [3.63, 3.8) is 0 Å². The number of rotatable bonds is 1. The molecule has 1 aliphatic rings. The van der Waals surface area contributed by atoms with E-state index in [1.54, 1.807) is 0 Å². The maximum Gasteiger partial charge on any atom is 0.152 e. The Morgan fingerprint density at radius 1 is 0.800 bits per heavy atom. The fraction of sp³-hybridized carbons (Fsp3) is 0.0385. The van der Waals surface area contributed by atoms with E-state index < -0.39 is 0 Å².